The molecule has 0 amide bonds. The number of hydrogen-bond acceptors (Lipinski definition) is 2. The molecular weight excluding hydrogens is 619 g/mol. The molecule has 2 nitrogen and oxygen atoms in total. The lowest BCUT2D eigenvalue weighted by molar-refractivity contribution is 0.476. The Hall–Kier alpha value is -6.38. The van der Waals surface area contributed by atoms with Crippen molar-refractivity contribution in [2.45, 2.75) is 17.8 Å². The van der Waals surface area contributed by atoms with Crippen LogP contribution in [0.25, 0.3) is 33.4 Å². The fraction of sp³-hybridized carbons (Fsp3) is 0.0612. The first-order valence-corrected chi connectivity index (χ1v) is 17.9. The highest BCUT2D eigenvalue weighted by molar-refractivity contribution is 5.97. The van der Waals surface area contributed by atoms with Gasteiger partial charge in [-0.1, -0.05) is 146 Å². The van der Waals surface area contributed by atoms with Gasteiger partial charge < -0.3 is 9.64 Å². The quantitative estimate of drug-likeness (QED) is 0.188. The van der Waals surface area contributed by atoms with Crippen LogP contribution in [0.1, 0.15) is 40.2 Å². The molecule has 0 radical (unpaired) electrons. The summed E-state index contributed by atoms with van der Waals surface area (Å²) in [5, 5.41) is 0. The highest BCUT2D eigenvalue weighted by Gasteiger charge is 2.51. The monoisotopic (exact) mass is 651 g/mol. The molecule has 0 aromatic heterocycles. The minimum Gasteiger partial charge on any atom is -0.453 e. The lowest BCUT2D eigenvalue weighted by Gasteiger charge is -2.35. The normalized spacial score (nSPS) is 16.5. The van der Waals surface area contributed by atoms with Crippen LogP contribution in [-0.4, -0.2) is 0 Å². The summed E-state index contributed by atoms with van der Waals surface area (Å²) in [6.45, 7) is 0. The van der Waals surface area contributed by atoms with Gasteiger partial charge in [-0.25, -0.2) is 0 Å². The molecule has 2 heteroatoms. The Morgan fingerprint density at radius 3 is 1.76 bits per heavy atom. The van der Waals surface area contributed by atoms with Gasteiger partial charge in [-0.2, -0.15) is 0 Å². The van der Waals surface area contributed by atoms with Crippen molar-refractivity contribution in [3.8, 4) is 44.9 Å². The average molecular weight is 652 g/mol. The zero-order valence-corrected chi connectivity index (χ0v) is 28.0. The standard InChI is InChI=1S/C49H33NO/c1-3-13-32(14-4-1)34-23-27-47-45(29-34)50(46-30-35(24-28-48(46)51-47)33-15-5-2-6-16-33)36-25-26-40-39-19-9-12-22-43(39)49(44(40)31-36)41-20-10-7-17-37(41)38-18-8-11-21-42(38)49/h1-15,17-31,33H,16H2. The smallest absolute Gasteiger partial charge is 0.151 e. The summed E-state index contributed by atoms with van der Waals surface area (Å²) >= 11 is 0. The van der Waals surface area contributed by atoms with Crippen molar-refractivity contribution in [3.05, 3.63) is 210 Å². The van der Waals surface area contributed by atoms with Crippen LogP contribution in [-0.2, 0) is 5.41 Å². The molecule has 0 N–H and O–H groups in total. The molecule has 0 saturated carbocycles. The number of allylic oxidation sites excluding steroid dienone is 4. The Morgan fingerprint density at radius 1 is 0.490 bits per heavy atom. The Balaban J connectivity index is 1.18. The van der Waals surface area contributed by atoms with Crippen LogP contribution in [0.4, 0.5) is 17.1 Å². The summed E-state index contributed by atoms with van der Waals surface area (Å²) < 4.78 is 6.72. The van der Waals surface area contributed by atoms with E-state index in [2.05, 4.69) is 187 Å². The Morgan fingerprint density at radius 2 is 1.10 bits per heavy atom. The Kier molecular flexibility index (Phi) is 6.03. The molecule has 7 aromatic rings. The van der Waals surface area contributed by atoms with Crippen LogP contribution in [0.3, 0.4) is 0 Å². The van der Waals surface area contributed by atoms with Gasteiger partial charge in [0.2, 0.25) is 0 Å². The molecule has 3 aliphatic carbocycles. The van der Waals surface area contributed by atoms with Gasteiger partial charge >= 0.3 is 0 Å². The summed E-state index contributed by atoms with van der Waals surface area (Å²) in [4.78, 5) is 2.44. The van der Waals surface area contributed by atoms with Crippen LogP contribution >= 0.6 is 0 Å². The summed E-state index contributed by atoms with van der Waals surface area (Å²) in [7, 11) is 0. The van der Waals surface area contributed by atoms with Gasteiger partial charge in [0.15, 0.2) is 11.5 Å². The molecule has 1 spiro atoms. The first-order valence-electron chi connectivity index (χ1n) is 17.9. The Bertz CT molecular complexity index is 2550. The third-order valence-electron chi connectivity index (χ3n) is 11.4. The van der Waals surface area contributed by atoms with E-state index in [0.717, 1.165) is 40.5 Å². The van der Waals surface area contributed by atoms with Crippen molar-refractivity contribution in [1.82, 2.24) is 0 Å². The van der Waals surface area contributed by atoms with Crippen molar-refractivity contribution in [1.29, 1.82) is 0 Å². The zero-order chi connectivity index (χ0) is 33.5. The fourth-order valence-electron chi connectivity index (χ4n) is 9.19. The summed E-state index contributed by atoms with van der Waals surface area (Å²) in [6, 6.07) is 58.2. The van der Waals surface area contributed by atoms with E-state index in [0.29, 0.717) is 5.92 Å². The van der Waals surface area contributed by atoms with Gasteiger partial charge in [-0.15, -0.1) is 0 Å². The lowest BCUT2D eigenvalue weighted by atomic mass is 9.70. The molecule has 51 heavy (non-hydrogen) atoms. The van der Waals surface area contributed by atoms with E-state index < -0.39 is 5.41 Å². The number of fused-ring (bicyclic) bond motifs is 12. The van der Waals surface area contributed by atoms with E-state index in [-0.39, 0.29) is 0 Å². The second-order valence-electron chi connectivity index (χ2n) is 14.0. The average Bonchev–Trinajstić information content (AvgIpc) is 3.67. The van der Waals surface area contributed by atoms with E-state index >= 15 is 0 Å². The molecule has 11 rings (SSSR count). The number of rotatable bonds is 3. The van der Waals surface area contributed by atoms with Crippen molar-refractivity contribution < 1.29 is 4.74 Å². The minimum atomic E-state index is -0.417. The molecule has 1 atom stereocenters. The molecule has 0 saturated heterocycles. The predicted molar refractivity (Wildman–Crippen MR) is 209 cm³/mol. The van der Waals surface area contributed by atoms with E-state index in [1.54, 1.807) is 0 Å². The molecule has 1 aliphatic heterocycles. The first-order chi connectivity index (χ1) is 25.3. The van der Waals surface area contributed by atoms with Gasteiger partial charge in [-0.05, 0) is 104 Å². The van der Waals surface area contributed by atoms with Crippen LogP contribution in [0.2, 0.25) is 0 Å². The summed E-state index contributed by atoms with van der Waals surface area (Å²) in [5.41, 5.74) is 17.0. The molecule has 0 fully saturated rings. The van der Waals surface area contributed by atoms with Gasteiger partial charge in [0, 0.05) is 11.6 Å². The fourth-order valence-corrected chi connectivity index (χ4v) is 9.19. The van der Waals surface area contributed by atoms with Crippen molar-refractivity contribution in [3.63, 3.8) is 0 Å². The molecule has 4 aliphatic rings. The number of nitrogens with zero attached hydrogens (tertiary/aromatic N) is 1. The Labute approximate surface area is 298 Å². The molecule has 240 valence electrons. The maximum Gasteiger partial charge on any atom is 0.151 e. The van der Waals surface area contributed by atoms with Crippen LogP contribution < -0.4 is 9.64 Å². The number of ether oxygens (including phenoxy) is 1. The molecule has 0 bridgehead atoms. The van der Waals surface area contributed by atoms with Crippen molar-refractivity contribution >= 4 is 17.1 Å². The highest BCUT2D eigenvalue weighted by atomic mass is 16.5. The maximum absolute atomic E-state index is 6.72. The zero-order valence-electron chi connectivity index (χ0n) is 28.0. The molecule has 1 unspecified atom stereocenters. The number of benzene rings is 7. The van der Waals surface area contributed by atoms with Gasteiger partial charge in [0.05, 0.1) is 16.8 Å². The predicted octanol–water partition coefficient (Wildman–Crippen LogP) is 12.9. The van der Waals surface area contributed by atoms with Gasteiger partial charge in [0.1, 0.15) is 0 Å². The highest BCUT2D eigenvalue weighted by Crippen LogP contribution is 2.64. The third kappa shape index (κ3) is 3.99. The molecular formula is C49H33NO. The molecule has 7 aromatic carbocycles. The van der Waals surface area contributed by atoms with E-state index in [9.17, 15) is 0 Å². The first kappa shape index (κ1) is 28.5. The largest absolute Gasteiger partial charge is 0.453 e. The summed E-state index contributed by atoms with van der Waals surface area (Å²) in [6.07, 6.45) is 9.86. The second-order valence-corrected chi connectivity index (χ2v) is 14.0. The second kappa shape index (κ2) is 10.8. The summed E-state index contributed by atoms with van der Waals surface area (Å²) in [5.74, 6) is 2.04. The van der Waals surface area contributed by atoms with Crippen LogP contribution in [0.15, 0.2) is 182 Å². The van der Waals surface area contributed by atoms with Crippen LogP contribution in [0, 0.1) is 0 Å². The van der Waals surface area contributed by atoms with E-state index in [4.69, 9.17) is 4.74 Å². The SMILES string of the molecule is C1=CCC(c2ccc3c(c2)N(c2ccc4c(c2)C2(c5ccccc5-c5ccccc52)c2ccccc2-4)c2cc(-c4ccccc4)ccc2O3)C=C1. The number of hydrogen-bond donors (Lipinski definition) is 0. The van der Waals surface area contributed by atoms with Crippen molar-refractivity contribution in [2.24, 2.45) is 0 Å². The van der Waals surface area contributed by atoms with E-state index in [1.807, 2.05) is 0 Å². The number of anilines is 3. The third-order valence-corrected chi connectivity index (χ3v) is 11.4. The van der Waals surface area contributed by atoms with Gasteiger partial charge in [0.25, 0.3) is 0 Å². The maximum atomic E-state index is 6.72. The van der Waals surface area contributed by atoms with Crippen LogP contribution in [0.5, 0.6) is 11.5 Å². The minimum absolute atomic E-state index is 0.323. The molecule has 1 heterocycles. The van der Waals surface area contributed by atoms with E-state index in [1.165, 1.54) is 55.6 Å². The lowest BCUT2D eigenvalue weighted by Crippen LogP contribution is -2.26. The topological polar surface area (TPSA) is 12.5 Å². The van der Waals surface area contributed by atoms with Crippen molar-refractivity contribution in [2.75, 3.05) is 4.90 Å². The van der Waals surface area contributed by atoms with Gasteiger partial charge in [-0.3, -0.25) is 0 Å².